The van der Waals surface area contributed by atoms with Crippen LogP contribution in [0, 0.1) is 11.6 Å². The fraction of sp³-hybridized carbons (Fsp3) is 0.462. The van der Waals surface area contributed by atoms with Gasteiger partial charge >= 0.3 is 17.9 Å². The summed E-state index contributed by atoms with van der Waals surface area (Å²) in [7, 11) is 0. The molecule has 14 heteroatoms. The molecule has 9 nitrogen and oxygen atoms in total. The van der Waals surface area contributed by atoms with Crippen LogP contribution < -0.4 is 16.3 Å². The van der Waals surface area contributed by atoms with E-state index in [1.165, 1.54) is 12.1 Å². The normalized spacial score (nSPS) is 21.8. The first kappa shape index (κ1) is 27.6. The number of halogens is 5. The van der Waals surface area contributed by atoms with Gasteiger partial charge in [-0.1, -0.05) is 12.1 Å². The van der Waals surface area contributed by atoms with Crippen molar-refractivity contribution in [1.29, 1.82) is 0 Å². The molecule has 2 aliphatic heterocycles. The number of urea groups is 1. The minimum absolute atomic E-state index is 0.0308. The highest BCUT2D eigenvalue weighted by Crippen LogP contribution is 2.28. The molecule has 214 valence electrons. The highest BCUT2D eigenvalue weighted by Gasteiger charge is 2.33. The maximum absolute atomic E-state index is 14.4. The van der Waals surface area contributed by atoms with E-state index >= 15 is 0 Å². The maximum Gasteiger partial charge on any atom is 0.408 e. The molecule has 0 saturated carbocycles. The van der Waals surface area contributed by atoms with Crippen LogP contribution in [-0.2, 0) is 0 Å². The number of aromatic amines is 1. The first-order chi connectivity index (χ1) is 19.1. The van der Waals surface area contributed by atoms with Gasteiger partial charge in [0.15, 0.2) is 17.3 Å². The van der Waals surface area contributed by atoms with Gasteiger partial charge in [-0.2, -0.15) is 13.2 Å². The van der Waals surface area contributed by atoms with E-state index in [1.54, 1.807) is 27.8 Å². The second-order valence-electron chi connectivity index (χ2n) is 10.0. The van der Waals surface area contributed by atoms with Gasteiger partial charge in [0.25, 0.3) is 0 Å². The number of likely N-dealkylation sites (tertiary alicyclic amines) is 1. The molecule has 2 atom stereocenters. The van der Waals surface area contributed by atoms with Gasteiger partial charge in [-0.05, 0) is 49.4 Å². The Morgan fingerprint density at radius 2 is 1.88 bits per heavy atom. The number of hydrogen-bond acceptors (Lipinski definition) is 4. The smallest absolute Gasteiger partial charge is 0.371 e. The van der Waals surface area contributed by atoms with Crippen LogP contribution in [0.5, 0.6) is 0 Å². The number of nitrogens with one attached hydrogen (secondary N) is 3. The Bertz CT molecular complexity index is 1460. The molecule has 0 radical (unpaired) electrons. The third-order valence-electron chi connectivity index (χ3n) is 7.42. The molecule has 4 heterocycles. The average Bonchev–Trinajstić information content (AvgIpc) is 3.13. The number of piperidine rings is 1. The molecule has 2 saturated heterocycles. The summed E-state index contributed by atoms with van der Waals surface area (Å²) in [6.45, 7) is -0.770. The van der Waals surface area contributed by atoms with E-state index in [-0.39, 0.29) is 42.5 Å². The largest absolute Gasteiger partial charge is 0.408 e. The van der Waals surface area contributed by atoms with E-state index in [1.807, 2.05) is 0 Å². The predicted octanol–water partition coefficient (Wildman–Crippen LogP) is 3.85. The molecule has 3 aromatic rings. The molecule has 0 unspecified atom stereocenters. The Morgan fingerprint density at radius 1 is 1.10 bits per heavy atom. The molecule has 2 aromatic heterocycles. The van der Waals surface area contributed by atoms with Crippen molar-refractivity contribution >= 4 is 23.0 Å². The first-order valence-electron chi connectivity index (χ1n) is 13.0. The number of alkyl halides is 3. The Morgan fingerprint density at radius 3 is 2.62 bits per heavy atom. The van der Waals surface area contributed by atoms with Crippen LogP contribution in [0.3, 0.4) is 0 Å². The number of hydrogen-bond donors (Lipinski definition) is 3. The van der Waals surface area contributed by atoms with Gasteiger partial charge in [-0.25, -0.2) is 23.4 Å². The van der Waals surface area contributed by atoms with Crippen molar-refractivity contribution in [3.05, 3.63) is 64.2 Å². The fourth-order valence-corrected chi connectivity index (χ4v) is 5.43. The lowest BCUT2D eigenvalue weighted by molar-refractivity contribution is -0.118. The van der Waals surface area contributed by atoms with Crippen LogP contribution in [0.2, 0.25) is 0 Å². The predicted molar refractivity (Wildman–Crippen MR) is 137 cm³/mol. The van der Waals surface area contributed by atoms with Crippen molar-refractivity contribution in [2.24, 2.45) is 4.99 Å². The van der Waals surface area contributed by atoms with E-state index < -0.39 is 42.3 Å². The van der Waals surface area contributed by atoms with Gasteiger partial charge in [0.05, 0.1) is 11.6 Å². The average molecular weight is 566 g/mol. The van der Waals surface area contributed by atoms with Gasteiger partial charge in [0.1, 0.15) is 12.4 Å². The van der Waals surface area contributed by atoms with Gasteiger partial charge in [0, 0.05) is 37.8 Å². The number of carbonyl (C=O) groups is 1. The van der Waals surface area contributed by atoms with Crippen LogP contribution in [0.4, 0.5) is 26.7 Å². The number of fused-ring (bicyclic) bond motifs is 1. The van der Waals surface area contributed by atoms with Crippen LogP contribution >= 0.6 is 0 Å². The lowest BCUT2D eigenvalue weighted by Crippen LogP contribution is -2.52. The Labute approximate surface area is 225 Å². The SMILES string of the molecule is O=C(N[C@@H]1CC[C@@H](c2cccc(F)c2F)CN/C1=N\CC(F)(F)F)N1CCC(n2c(=O)[nH]c3ncccc32)CC1. The molecule has 0 spiro atoms. The maximum atomic E-state index is 14.4. The molecule has 2 fully saturated rings. The lowest BCUT2D eigenvalue weighted by Gasteiger charge is -2.33. The number of nitrogens with zero attached hydrogens (tertiary/aromatic N) is 4. The number of pyridine rings is 1. The minimum Gasteiger partial charge on any atom is -0.371 e. The molecular formula is C26H28F5N7O2. The third-order valence-corrected chi connectivity index (χ3v) is 7.42. The van der Waals surface area contributed by atoms with E-state index in [0.717, 1.165) is 6.07 Å². The molecule has 1 aromatic carbocycles. The molecule has 3 N–H and O–H groups in total. The third kappa shape index (κ3) is 5.94. The van der Waals surface area contributed by atoms with Crippen molar-refractivity contribution < 1.29 is 26.7 Å². The zero-order chi connectivity index (χ0) is 28.4. The van der Waals surface area contributed by atoms with Crippen LogP contribution in [0.1, 0.15) is 43.2 Å². The number of imidazole rings is 1. The topological polar surface area (TPSA) is 107 Å². The summed E-state index contributed by atoms with van der Waals surface area (Å²) in [4.78, 5) is 37.8. The number of amides is 2. The molecule has 2 aliphatic rings. The Hall–Kier alpha value is -3.97. The van der Waals surface area contributed by atoms with E-state index in [0.29, 0.717) is 37.1 Å². The van der Waals surface area contributed by atoms with E-state index in [4.69, 9.17) is 0 Å². The van der Waals surface area contributed by atoms with E-state index in [2.05, 4.69) is 25.6 Å². The summed E-state index contributed by atoms with van der Waals surface area (Å²) in [5.41, 5.74) is 0.987. The minimum atomic E-state index is -4.55. The molecule has 40 heavy (non-hydrogen) atoms. The molecule has 5 rings (SSSR count). The lowest BCUT2D eigenvalue weighted by atomic mass is 9.93. The number of aliphatic imine (C=N–C) groups is 1. The summed E-state index contributed by atoms with van der Waals surface area (Å²) < 4.78 is 68.8. The van der Waals surface area contributed by atoms with Crippen molar-refractivity contribution in [1.82, 2.24) is 30.1 Å². The second kappa shape index (κ2) is 11.3. The Kier molecular flexibility index (Phi) is 7.76. The number of H-pyrrole nitrogens is 1. The fourth-order valence-electron chi connectivity index (χ4n) is 5.43. The summed E-state index contributed by atoms with van der Waals surface area (Å²) >= 11 is 0. The van der Waals surface area contributed by atoms with Crippen LogP contribution in [0.25, 0.3) is 11.2 Å². The summed E-state index contributed by atoms with van der Waals surface area (Å²) in [6, 6.07) is 5.84. The Balaban J connectivity index is 1.27. The van der Waals surface area contributed by atoms with Crippen molar-refractivity contribution in [2.45, 2.75) is 49.9 Å². The first-order valence-corrected chi connectivity index (χ1v) is 13.0. The monoisotopic (exact) mass is 565 g/mol. The summed E-state index contributed by atoms with van der Waals surface area (Å²) in [5.74, 6) is -2.60. The molecule has 0 aliphatic carbocycles. The van der Waals surface area contributed by atoms with E-state index in [9.17, 15) is 31.5 Å². The molecule has 0 bridgehead atoms. The van der Waals surface area contributed by atoms with Crippen molar-refractivity contribution in [2.75, 3.05) is 26.2 Å². The highest BCUT2D eigenvalue weighted by atomic mass is 19.4. The second-order valence-corrected chi connectivity index (χ2v) is 10.0. The van der Waals surface area contributed by atoms with Gasteiger partial charge < -0.3 is 15.5 Å². The molecular weight excluding hydrogens is 537 g/mol. The van der Waals surface area contributed by atoms with Crippen molar-refractivity contribution in [3.63, 3.8) is 0 Å². The number of carbonyl (C=O) groups excluding carboxylic acids is 1. The van der Waals surface area contributed by atoms with Crippen LogP contribution in [-0.4, -0.2) is 69.7 Å². The van der Waals surface area contributed by atoms with Crippen LogP contribution in [0.15, 0.2) is 46.3 Å². The summed E-state index contributed by atoms with van der Waals surface area (Å²) in [5, 5.41) is 5.61. The number of amidine groups is 1. The van der Waals surface area contributed by atoms with Gasteiger partial charge in [-0.3, -0.25) is 14.5 Å². The molecule has 2 amide bonds. The quantitative estimate of drug-likeness (QED) is 0.418. The number of rotatable bonds is 4. The highest BCUT2D eigenvalue weighted by molar-refractivity contribution is 5.91. The number of benzene rings is 1. The van der Waals surface area contributed by atoms with Gasteiger partial charge in [0.2, 0.25) is 0 Å². The number of aromatic nitrogens is 3. The standard InChI is InChI=1S/C26H28F5N7O2/c27-18-4-1-3-17(21(18)28)15-6-7-19(22(33-13-15)34-14-26(29,30)31)35-24(39)37-11-8-16(9-12-37)38-20-5-2-10-32-23(20)36-25(38)40/h1-5,10,15-16,19H,6-9,11-14H2,(H,33,34)(H,35,39)(H,32,36,40)/t15-,19-/m1/s1. The summed E-state index contributed by atoms with van der Waals surface area (Å²) in [6.07, 6.45) is -1.53. The zero-order valence-corrected chi connectivity index (χ0v) is 21.3. The van der Waals surface area contributed by atoms with Gasteiger partial charge in [-0.15, -0.1) is 0 Å². The zero-order valence-electron chi connectivity index (χ0n) is 21.3. The van der Waals surface area contributed by atoms with Crippen molar-refractivity contribution in [3.8, 4) is 0 Å².